The number of nitrogens with one attached hydrogen (secondary N) is 2. The van der Waals surface area contributed by atoms with Gasteiger partial charge in [0.15, 0.2) is 0 Å². The smallest absolute Gasteiger partial charge is 0.222 e. The van der Waals surface area contributed by atoms with Crippen LogP contribution in [0.25, 0.3) is 0 Å². The van der Waals surface area contributed by atoms with Gasteiger partial charge in [0.25, 0.3) is 0 Å². The molecule has 25 heavy (non-hydrogen) atoms. The molecular formula is C18H21ClN2O3S. The van der Waals surface area contributed by atoms with Crippen molar-refractivity contribution < 1.29 is 13.2 Å². The molecule has 2 aromatic carbocycles. The highest BCUT2D eigenvalue weighted by Gasteiger charge is 2.21. The van der Waals surface area contributed by atoms with E-state index in [9.17, 15) is 13.2 Å². The molecule has 0 bridgehead atoms. The molecule has 7 heteroatoms. The zero-order chi connectivity index (χ0) is 18.4. The lowest BCUT2D eigenvalue weighted by Gasteiger charge is -2.20. The summed E-state index contributed by atoms with van der Waals surface area (Å²) >= 11 is 5.87. The second-order valence-electron chi connectivity index (χ2n) is 5.90. The van der Waals surface area contributed by atoms with Gasteiger partial charge in [0.05, 0.1) is 18.3 Å². The van der Waals surface area contributed by atoms with Crippen molar-refractivity contribution in [2.24, 2.45) is 0 Å². The number of halogens is 1. The number of carbonyl (C=O) groups excluding carboxylic acids is 1. The summed E-state index contributed by atoms with van der Waals surface area (Å²) in [5, 5.41) is 3.44. The molecule has 0 aliphatic carbocycles. The van der Waals surface area contributed by atoms with E-state index in [4.69, 9.17) is 11.6 Å². The zero-order valence-electron chi connectivity index (χ0n) is 14.1. The Balaban J connectivity index is 2.10. The molecular weight excluding hydrogens is 360 g/mol. The molecule has 0 aliphatic rings. The van der Waals surface area contributed by atoms with Crippen molar-refractivity contribution in [1.29, 1.82) is 0 Å². The molecule has 2 N–H and O–H groups in total. The average molecular weight is 381 g/mol. The largest absolute Gasteiger partial charge is 0.350 e. The van der Waals surface area contributed by atoms with E-state index in [0.29, 0.717) is 10.6 Å². The van der Waals surface area contributed by atoms with Crippen LogP contribution in [0.3, 0.4) is 0 Å². The Kier molecular flexibility index (Phi) is 6.58. The Morgan fingerprint density at radius 2 is 1.64 bits per heavy atom. The molecule has 1 amide bonds. The number of carbonyl (C=O) groups is 1. The van der Waals surface area contributed by atoms with Crippen LogP contribution in [0.4, 0.5) is 0 Å². The molecule has 2 rings (SSSR count). The van der Waals surface area contributed by atoms with Crippen LogP contribution in [0.1, 0.15) is 36.6 Å². The summed E-state index contributed by atoms with van der Waals surface area (Å²) in [4.78, 5) is 12.4. The zero-order valence-corrected chi connectivity index (χ0v) is 15.6. The van der Waals surface area contributed by atoms with Crippen LogP contribution in [-0.4, -0.2) is 20.6 Å². The van der Waals surface area contributed by atoms with Gasteiger partial charge < -0.3 is 5.32 Å². The van der Waals surface area contributed by atoms with Crippen molar-refractivity contribution in [3.05, 3.63) is 70.7 Å². The van der Waals surface area contributed by atoms with Crippen LogP contribution < -0.4 is 10.0 Å². The number of benzene rings is 2. The van der Waals surface area contributed by atoms with E-state index in [2.05, 4.69) is 10.0 Å². The lowest BCUT2D eigenvalue weighted by molar-refractivity contribution is -0.122. The number of hydrogen-bond donors (Lipinski definition) is 2. The molecule has 0 unspecified atom stereocenters. The van der Waals surface area contributed by atoms with E-state index in [-0.39, 0.29) is 18.4 Å². The lowest BCUT2D eigenvalue weighted by atomic mass is 10.0. The topological polar surface area (TPSA) is 75.3 Å². The van der Waals surface area contributed by atoms with Crippen molar-refractivity contribution in [3.8, 4) is 0 Å². The summed E-state index contributed by atoms with van der Waals surface area (Å²) in [5.74, 6) is -0.243. The highest BCUT2D eigenvalue weighted by Crippen LogP contribution is 2.21. The first kappa shape index (κ1) is 19.4. The molecule has 0 spiro atoms. The SMILES string of the molecule is C[C@@H](NC(=O)C[C@H](NS(C)(=O)=O)c1ccc(Cl)cc1)c1ccccc1. The maximum atomic E-state index is 12.4. The predicted molar refractivity (Wildman–Crippen MR) is 99.8 cm³/mol. The summed E-state index contributed by atoms with van der Waals surface area (Å²) in [6.45, 7) is 1.88. The Morgan fingerprint density at radius 3 is 2.20 bits per heavy atom. The summed E-state index contributed by atoms with van der Waals surface area (Å²) in [5.41, 5.74) is 1.66. The summed E-state index contributed by atoms with van der Waals surface area (Å²) < 4.78 is 25.8. The van der Waals surface area contributed by atoms with Gasteiger partial charge in [0.2, 0.25) is 15.9 Å². The second-order valence-corrected chi connectivity index (χ2v) is 8.11. The van der Waals surface area contributed by atoms with Crippen molar-refractivity contribution >= 4 is 27.5 Å². The first-order valence-electron chi connectivity index (χ1n) is 7.81. The molecule has 2 aromatic rings. The summed E-state index contributed by atoms with van der Waals surface area (Å²) in [6.07, 6.45) is 1.06. The van der Waals surface area contributed by atoms with Gasteiger partial charge in [-0.3, -0.25) is 4.79 Å². The van der Waals surface area contributed by atoms with Crippen molar-refractivity contribution in [2.45, 2.75) is 25.4 Å². The molecule has 0 saturated heterocycles. The predicted octanol–water partition coefficient (Wildman–Crippen LogP) is 3.20. The van der Waals surface area contributed by atoms with Crippen molar-refractivity contribution in [3.63, 3.8) is 0 Å². The molecule has 0 radical (unpaired) electrons. The molecule has 0 aliphatic heterocycles. The van der Waals surface area contributed by atoms with Gasteiger partial charge in [-0.1, -0.05) is 54.1 Å². The monoisotopic (exact) mass is 380 g/mol. The van der Waals surface area contributed by atoms with E-state index in [0.717, 1.165) is 11.8 Å². The van der Waals surface area contributed by atoms with E-state index in [1.54, 1.807) is 24.3 Å². The molecule has 0 heterocycles. The standard InChI is InChI=1S/C18H21ClN2O3S/c1-13(14-6-4-3-5-7-14)20-18(22)12-17(21-25(2,23)24)15-8-10-16(19)11-9-15/h3-11,13,17,21H,12H2,1-2H3,(H,20,22)/t13-,17+/m1/s1. The molecule has 134 valence electrons. The maximum Gasteiger partial charge on any atom is 0.222 e. The van der Waals surface area contributed by atoms with E-state index < -0.39 is 16.1 Å². The van der Waals surface area contributed by atoms with Crippen molar-refractivity contribution in [1.82, 2.24) is 10.0 Å². The fraction of sp³-hybridized carbons (Fsp3) is 0.278. The average Bonchev–Trinajstić information content (AvgIpc) is 2.54. The third-order valence-corrected chi connectivity index (χ3v) is 4.66. The van der Waals surface area contributed by atoms with Crippen LogP contribution >= 0.6 is 11.6 Å². The minimum Gasteiger partial charge on any atom is -0.350 e. The van der Waals surface area contributed by atoms with Gasteiger partial charge in [-0.15, -0.1) is 0 Å². The van der Waals surface area contributed by atoms with Gasteiger partial charge in [-0.2, -0.15) is 0 Å². The quantitative estimate of drug-likeness (QED) is 0.774. The minimum absolute atomic E-state index is 0.00806. The lowest BCUT2D eigenvalue weighted by Crippen LogP contribution is -2.34. The van der Waals surface area contributed by atoms with Crippen LogP contribution in [0.5, 0.6) is 0 Å². The Hall–Kier alpha value is -1.89. The third kappa shape index (κ3) is 6.49. The second kappa shape index (κ2) is 8.47. The first-order valence-corrected chi connectivity index (χ1v) is 10.1. The van der Waals surface area contributed by atoms with Crippen LogP contribution in [-0.2, 0) is 14.8 Å². The summed E-state index contributed by atoms with van der Waals surface area (Å²) in [7, 11) is -3.47. The molecule has 0 saturated carbocycles. The number of hydrogen-bond acceptors (Lipinski definition) is 3. The van der Waals surface area contributed by atoms with Gasteiger partial charge in [0.1, 0.15) is 0 Å². The van der Waals surface area contributed by atoms with Gasteiger partial charge >= 0.3 is 0 Å². The highest BCUT2D eigenvalue weighted by molar-refractivity contribution is 7.88. The van der Waals surface area contributed by atoms with E-state index in [1.807, 2.05) is 37.3 Å². The Morgan fingerprint density at radius 1 is 1.04 bits per heavy atom. The fourth-order valence-corrected chi connectivity index (χ4v) is 3.35. The molecule has 0 fully saturated rings. The number of rotatable bonds is 7. The Labute approximate surface area is 153 Å². The van der Waals surface area contributed by atoms with E-state index in [1.165, 1.54) is 0 Å². The molecule has 2 atom stereocenters. The minimum atomic E-state index is -3.47. The number of amides is 1. The third-order valence-electron chi connectivity index (χ3n) is 3.70. The van der Waals surface area contributed by atoms with Crippen LogP contribution in [0.15, 0.2) is 54.6 Å². The number of sulfonamides is 1. The fourth-order valence-electron chi connectivity index (χ4n) is 2.49. The highest BCUT2D eigenvalue weighted by atomic mass is 35.5. The first-order chi connectivity index (χ1) is 11.7. The normalized spacial score (nSPS) is 13.9. The van der Waals surface area contributed by atoms with Crippen molar-refractivity contribution in [2.75, 3.05) is 6.26 Å². The maximum absolute atomic E-state index is 12.4. The Bertz CT molecular complexity index is 808. The van der Waals surface area contributed by atoms with Crippen LogP contribution in [0, 0.1) is 0 Å². The van der Waals surface area contributed by atoms with E-state index >= 15 is 0 Å². The van der Waals surface area contributed by atoms with Gasteiger partial charge in [-0.25, -0.2) is 13.1 Å². The van der Waals surface area contributed by atoms with Gasteiger partial charge in [0, 0.05) is 11.4 Å². The molecule has 0 aromatic heterocycles. The summed E-state index contributed by atoms with van der Waals surface area (Å²) in [6, 6.07) is 15.5. The van der Waals surface area contributed by atoms with Crippen LogP contribution in [0.2, 0.25) is 5.02 Å². The molecule has 5 nitrogen and oxygen atoms in total. The van der Waals surface area contributed by atoms with Gasteiger partial charge in [-0.05, 0) is 30.2 Å².